The Bertz CT molecular complexity index is 498. The van der Waals surface area contributed by atoms with E-state index in [1.807, 2.05) is 0 Å². The minimum Gasteiger partial charge on any atom is -0.478 e. The lowest BCUT2D eigenvalue weighted by Crippen LogP contribution is -2.35. The maximum atomic E-state index is 11.4. The predicted octanol–water partition coefficient (Wildman–Crippen LogP) is 1.60. The van der Waals surface area contributed by atoms with Crippen LogP contribution in [0.25, 0.3) is 0 Å². The van der Waals surface area contributed by atoms with Crippen LogP contribution < -0.4 is 10.6 Å². The second-order valence-electron chi connectivity index (χ2n) is 3.79. The fourth-order valence-electron chi connectivity index (χ4n) is 1.37. The summed E-state index contributed by atoms with van der Waals surface area (Å²) in [5.74, 6) is 4.63. The molecule has 0 aliphatic rings. The molecule has 1 aromatic rings. The predicted molar refractivity (Wildman–Crippen MR) is 71.7 cm³/mol. The number of carboxylic acid groups (broad SMARTS) is 1. The molecule has 19 heavy (non-hydrogen) atoms. The van der Waals surface area contributed by atoms with Gasteiger partial charge in [0.15, 0.2) is 0 Å². The Morgan fingerprint density at radius 3 is 2.47 bits per heavy atom. The molecular weight excluding hydrogens is 244 g/mol. The summed E-state index contributed by atoms with van der Waals surface area (Å²) >= 11 is 0. The van der Waals surface area contributed by atoms with Gasteiger partial charge in [0.05, 0.1) is 5.56 Å². The first kappa shape index (κ1) is 14.6. The van der Waals surface area contributed by atoms with E-state index >= 15 is 0 Å². The number of hydrogen-bond donors (Lipinski definition) is 3. The Hall–Kier alpha value is -2.48. The number of hydrogen-bond acceptors (Lipinski definition) is 2. The van der Waals surface area contributed by atoms with Crippen LogP contribution in [-0.4, -0.2) is 23.7 Å². The lowest BCUT2D eigenvalue weighted by atomic mass is 10.1. The lowest BCUT2D eigenvalue weighted by molar-refractivity contribution is 0.0697. The second-order valence-corrected chi connectivity index (χ2v) is 3.79. The van der Waals surface area contributed by atoms with Gasteiger partial charge in [0.25, 0.3) is 0 Å². The second kappa shape index (κ2) is 7.77. The van der Waals surface area contributed by atoms with Crippen molar-refractivity contribution in [3.8, 4) is 11.8 Å². The molecule has 100 valence electrons. The molecule has 3 N–H and O–H groups in total. The molecule has 5 nitrogen and oxygen atoms in total. The third kappa shape index (κ3) is 5.59. The molecule has 0 aromatic heterocycles. The van der Waals surface area contributed by atoms with E-state index in [1.165, 1.54) is 12.1 Å². The summed E-state index contributed by atoms with van der Waals surface area (Å²) in [7, 11) is 0. The van der Waals surface area contributed by atoms with Gasteiger partial charge in [0.2, 0.25) is 0 Å². The molecule has 0 saturated carbocycles. The fraction of sp³-hybridized carbons (Fsp3) is 0.286. The number of aromatic carboxylic acids is 1. The summed E-state index contributed by atoms with van der Waals surface area (Å²) in [5, 5.41) is 14.1. The SMILES string of the molecule is CC#CCCNC(=O)NCc1ccc(C(=O)O)cc1. The van der Waals surface area contributed by atoms with E-state index in [0.717, 1.165) is 5.56 Å². The highest BCUT2D eigenvalue weighted by Gasteiger charge is 2.03. The van der Waals surface area contributed by atoms with Gasteiger partial charge in [-0.15, -0.1) is 11.8 Å². The number of carboxylic acids is 1. The number of amides is 2. The van der Waals surface area contributed by atoms with Crippen molar-refractivity contribution >= 4 is 12.0 Å². The Kier molecular flexibility index (Phi) is 5.96. The Labute approximate surface area is 112 Å². The molecule has 5 heteroatoms. The van der Waals surface area contributed by atoms with Crippen LogP contribution in [0.1, 0.15) is 29.3 Å². The van der Waals surface area contributed by atoms with Crippen molar-refractivity contribution in [2.24, 2.45) is 0 Å². The normalized spacial score (nSPS) is 9.11. The summed E-state index contributed by atoms with van der Waals surface area (Å²) in [6, 6.07) is 6.10. The van der Waals surface area contributed by atoms with Crippen molar-refractivity contribution in [3.05, 3.63) is 35.4 Å². The molecule has 0 heterocycles. The molecule has 0 fully saturated rings. The number of urea groups is 1. The Morgan fingerprint density at radius 2 is 1.89 bits per heavy atom. The van der Waals surface area contributed by atoms with Crippen LogP contribution in [0.3, 0.4) is 0 Å². The highest BCUT2D eigenvalue weighted by Crippen LogP contribution is 2.03. The van der Waals surface area contributed by atoms with Crippen LogP contribution in [0.4, 0.5) is 4.79 Å². The zero-order valence-corrected chi connectivity index (χ0v) is 10.7. The van der Waals surface area contributed by atoms with E-state index in [9.17, 15) is 9.59 Å². The van der Waals surface area contributed by atoms with Crippen LogP contribution in [0.15, 0.2) is 24.3 Å². The largest absolute Gasteiger partial charge is 0.478 e. The summed E-state index contributed by atoms with van der Waals surface area (Å²) in [5.41, 5.74) is 1.07. The average Bonchev–Trinajstić information content (AvgIpc) is 2.42. The van der Waals surface area contributed by atoms with E-state index < -0.39 is 5.97 Å². The Morgan fingerprint density at radius 1 is 1.21 bits per heavy atom. The number of benzene rings is 1. The quantitative estimate of drug-likeness (QED) is 0.556. The first-order chi connectivity index (χ1) is 9.13. The van der Waals surface area contributed by atoms with Gasteiger partial charge in [0, 0.05) is 19.5 Å². The summed E-state index contributed by atoms with van der Waals surface area (Å²) in [6.45, 7) is 2.61. The van der Waals surface area contributed by atoms with Crippen molar-refractivity contribution in [1.29, 1.82) is 0 Å². The number of rotatable bonds is 5. The first-order valence-corrected chi connectivity index (χ1v) is 5.87. The topological polar surface area (TPSA) is 78.4 Å². The van der Waals surface area contributed by atoms with Crippen LogP contribution in [0, 0.1) is 11.8 Å². The average molecular weight is 260 g/mol. The number of carbonyl (C=O) groups is 2. The zero-order chi connectivity index (χ0) is 14.1. The molecule has 0 unspecified atom stereocenters. The zero-order valence-electron chi connectivity index (χ0n) is 10.7. The highest BCUT2D eigenvalue weighted by atomic mass is 16.4. The molecule has 1 aromatic carbocycles. The van der Waals surface area contributed by atoms with Crippen molar-refractivity contribution in [3.63, 3.8) is 0 Å². The van der Waals surface area contributed by atoms with Crippen molar-refractivity contribution < 1.29 is 14.7 Å². The van der Waals surface area contributed by atoms with E-state index in [1.54, 1.807) is 19.1 Å². The van der Waals surface area contributed by atoms with Crippen molar-refractivity contribution in [2.75, 3.05) is 6.54 Å². The maximum absolute atomic E-state index is 11.4. The van der Waals surface area contributed by atoms with Crippen LogP contribution in [0.5, 0.6) is 0 Å². The van der Waals surface area contributed by atoms with Gasteiger partial charge in [0.1, 0.15) is 0 Å². The molecule has 0 aliphatic heterocycles. The van der Waals surface area contributed by atoms with E-state index in [4.69, 9.17) is 5.11 Å². The molecule has 2 amide bonds. The van der Waals surface area contributed by atoms with Crippen LogP contribution in [-0.2, 0) is 6.54 Å². The summed E-state index contributed by atoms with van der Waals surface area (Å²) in [6.07, 6.45) is 0.622. The molecule has 0 bridgehead atoms. The third-order valence-corrected chi connectivity index (χ3v) is 2.37. The molecule has 0 saturated heterocycles. The summed E-state index contributed by atoms with van der Waals surface area (Å²) < 4.78 is 0. The van der Waals surface area contributed by atoms with Gasteiger partial charge in [-0.2, -0.15) is 0 Å². The smallest absolute Gasteiger partial charge is 0.335 e. The fourth-order valence-corrected chi connectivity index (χ4v) is 1.37. The molecule has 0 aliphatic carbocycles. The van der Waals surface area contributed by atoms with Crippen LogP contribution >= 0.6 is 0 Å². The van der Waals surface area contributed by atoms with Gasteiger partial charge in [-0.05, 0) is 24.6 Å². The first-order valence-electron chi connectivity index (χ1n) is 5.87. The molecule has 0 spiro atoms. The molecule has 0 atom stereocenters. The number of carbonyl (C=O) groups excluding carboxylic acids is 1. The molecule has 1 rings (SSSR count). The lowest BCUT2D eigenvalue weighted by Gasteiger charge is -2.06. The monoisotopic (exact) mass is 260 g/mol. The summed E-state index contributed by atoms with van der Waals surface area (Å²) in [4.78, 5) is 22.0. The maximum Gasteiger partial charge on any atom is 0.335 e. The van der Waals surface area contributed by atoms with Gasteiger partial charge >= 0.3 is 12.0 Å². The van der Waals surface area contributed by atoms with Gasteiger partial charge in [-0.1, -0.05) is 12.1 Å². The standard InChI is InChI=1S/C14H16N2O3/c1-2-3-4-9-15-14(19)16-10-11-5-7-12(8-6-11)13(17)18/h5-8H,4,9-10H2,1H3,(H,17,18)(H2,15,16,19). The van der Waals surface area contributed by atoms with E-state index in [-0.39, 0.29) is 11.6 Å². The number of nitrogens with one attached hydrogen (secondary N) is 2. The van der Waals surface area contributed by atoms with Gasteiger partial charge in [-0.25, -0.2) is 9.59 Å². The minimum atomic E-state index is -0.964. The minimum absolute atomic E-state index is 0.228. The van der Waals surface area contributed by atoms with Gasteiger partial charge < -0.3 is 15.7 Å². The molecular formula is C14H16N2O3. The highest BCUT2D eigenvalue weighted by molar-refractivity contribution is 5.87. The molecule has 0 radical (unpaired) electrons. The Balaban J connectivity index is 2.33. The van der Waals surface area contributed by atoms with E-state index in [2.05, 4.69) is 22.5 Å². The van der Waals surface area contributed by atoms with Crippen LogP contribution in [0.2, 0.25) is 0 Å². The van der Waals surface area contributed by atoms with Gasteiger partial charge in [-0.3, -0.25) is 0 Å². The van der Waals surface area contributed by atoms with E-state index in [0.29, 0.717) is 19.5 Å². The van der Waals surface area contributed by atoms with Crippen molar-refractivity contribution in [2.45, 2.75) is 19.9 Å². The van der Waals surface area contributed by atoms with Crippen molar-refractivity contribution in [1.82, 2.24) is 10.6 Å². The third-order valence-electron chi connectivity index (χ3n) is 2.37.